The van der Waals surface area contributed by atoms with Crippen molar-refractivity contribution in [2.45, 2.75) is 25.8 Å². The molecule has 0 heterocycles. The van der Waals surface area contributed by atoms with Gasteiger partial charge in [-0.25, -0.2) is 0 Å². The first-order chi connectivity index (χ1) is 9.29. The second-order valence-corrected chi connectivity index (χ2v) is 5.06. The molecule has 0 saturated carbocycles. The van der Waals surface area contributed by atoms with Crippen LogP contribution in [0.4, 0.5) is 0 Å². The molecule has 3 heteroatoms. The molecule has 2 rings (SSSR count). The van der Waals surface area contributed by atoms with Crippen LogP contribution in [0.3, 0.4) is 0 Å². The number of carbonyl (C=O) groups is 1. The topological polar surface area (TPSA) is 41.1 Å². The van der Waals surface area contributed by atoms with Crippen molar-refractivity contribution in [2.24, 2.45) is 5.92 Å². The third-order valence-electron chi connectivity index (χ3n) is 3.56. The predicted molar refractivity (Wildman–Crippen MR) is 78.0 cm³/mol. The Hall–Kier alpha value is -1.61. The van der Waals surface area contributed by atoms with Crippen LogP contribution in [-0.4, -0.2) is 19.5 Å². The highest BCUT2D eigenvalue weighted by atomic mass is 16.1. The molecule has 1 aliphatic rings. The number of benzene rings is 1. The van der Waals surface area contributed by atoms with Crippen LogP contribution in [-0.2, 0) is 6.54 Å². The lowest BCUT2D eigenvalue weighted by Gasteiger charge is -2.18. The van der Waals surface area contributed by atoms with Crippen molar-refractivity contribution in [3.05, 3.63) is 47.5 Å². The van der Waals surface area contributed by atoms with E-state index in [0.29, 0.717) is 0 Å². The zero-order chi connectivity index (χ0) is 13.5. The summed E-state index contributed by atoms with van der Waals surface area (Å²) in [6, 6.07) is 7.78. The predicted octanol–water partition coefficient (Wildman–Crippen LogP) is 2.49. The van der Waals surface area contributed by atoms with Gasteiger partial charge in [-0.2, -0.15) is 0 Å². The van der Waals surface area contributed by atoms with Gasteiger partial charge in [0.1, 0.15) is 0 Å². The van der Waals surface area contributed by atoms with E-state index < -0.39 is 0 Å². The monoisotopic (exact) mass is 258 g/mol. The van der Waals surface area contributed by atoms with E-state index in [1.165, 1.54) is 19.3 Å². The van der Waals surface area contributed by atoms with Gasteiger partial charge in [-0.15, -0.1) is 0 Å². The van der Waals surface area contributed by atoms with Gasteiger partial charge >= 0.3 is 0 Å². The number of nitrogens with one attached hydrogen (secondary N) is 2. The van der Waals surface area contributed by atoms with Crippen molar-refractivity contribution in [3.63, 3.8) is 0 Å². The Labute approximate surface area is 115 Å². The van der Waals surface area contributed by atoms with Crippen LogP contribution >= 0.6 is 0 Å². The maximum atomic E-state index is 11.5. The number of allylic oxidation sites excluding steroid dienone is 2. The quantitative estimate of drug-likeness (QED) is 0.797. The van der Waals surface area contributed by atoms with Gasteiger partial charge < -0.3 is 10.6 Å². The molecule has 0 aromatic heterocycles. The van der Waals surface area contributed by atoms with Crippen LogP contribution in [0.1, 0.15) is 35.2 Å². The summed E-state index contributed by atoms with van der Waals surface area (Å²) in [6.45, 7) is 1.87. The fourth-order valence-corrected chi connectivity index (χ4v) is 2.43. The Morgan fingerprint density at radius 2 is 2.26 bits per heavy atom. The van der Waals surface area contributed by atoms with E-state index in [2.05, 4.69) is 28.9 Å². The third kappa shape index (κ3) is 4.21. The van der Waals surface area contributed by atoms with E-state index >= 15 is 0 Å². The van der Waals surface area contributed by atoms with Gasteiger partial charge in [0.2, 0.25) is 0 Å². The maximum Gasteiger partial charge on any atom is 0.251 e. The highest BCUT2D eigenvalue weighted by Crippen LogP contribution is 2.17. The maximum absolute atomic E-state index is 11.5. The van der Waals surface area contributed by atoms with E-state index in [0.717, 1.165) is 30.1 Å². The van der Waals surface area contributed by atoms with Crippen molar-refractivity contribution in [2.75, 3.05) is 13.6 Å². The largest absolute Gasteiger partial charge is 0.355 e. The van der Waals surface area contributed by atoms with Crippen LogP contribution in [0.2, 0.25) is 0 Å². The SMILES string of the molecule is CNC(=O)c1cccc(CNCC2CC=CCC2)c1. The van der Waals surface area contributed by atoms with Gasteiger partial charge in [0.15, 0.2) is 0 Å². The molecular formula is C16H22N2O. The molecule has 2 N–H and O–H groups in total. The summed E-state index contributed by atoms with van der Waals surface area (Å²) in [7, 11) is 1.66. The van der Waals surface area contributed by atoms with Crippen molar-refractivity contribution in [3.8, 4) is 0 Å². The molecule has 0 aliphatic heterocycles. The Morgan fingerprint density at radius 3 is 3.00 bits per heavy atom. The zero-order valence-electron chi connectivity index (χ0n) is 11.5. The Balaban J connectivity index is 1.82. The summed E-state index contributed by atoms with van der Waals surface area (Å²) in [5.41, 5.74) is 1.88. The van der Waals surface area contributed by atoms with Crippen LogP contribution in [0.15, 0.2) is 36.4 Å². The Morgan fingerprint density at radius 1 is 1.37 bits per heavy atom. The van der Waals surface area contributed by atoms with Crippen molar-refractivity contribution in [1.82, 2.24) is 10.6 Å². The zero-order valence-corrected chi connectivity index (χ0v) is 11.5. The molecule has 0 spiro atoms. The molecule has 1 aromatic rings. The number of hydrogen-bond acceptors (Lipinski definition) is 2. The second kappa shape index (κ2) is 7.10. The fourth-order valence-electron chi connectivity index (χ4n) is 2.43. The van der Waals surface area contributed by atoms with Gasteiger partial charge in [-0.1, -0.05) is 24.3 Å². The minimum Gasteiger partial charge on any atom is -0.355 e. The van der Waals surface area contributed by atoms with Crippen molar-refractivity contribution in [1.29, 1.82) is 0 Å². The number of carbonyl (C=O) groups excluding carboxylic acids is 1. The molecule has 0 saturated heterocycles. The third-order valence-corrected chi connectivity index (χ3v) is 3.56. The van der Waals surface area contributed by atoms with E-state index in [9.17, 15) is 4.79 Å². The van der Waals surface area contributed by atoms with E-state index in [1.54, 1.807) is 7.05 Å². The molecular weight excluding hydrogens is 236 g/mol. The lowest BCUT2D eigenvalue weighted by Crippen LogP contribution is -2.23. The fraction of sp³-hybridized carbons (Fsp3) is 0.438. The Bertz CT molecular complexity index is 454. The number of amides is 1. The highest BCUT2D eigenvalue weighted by molar-refractivity contribution is 5.94. The van der Waals surface area contributed by atoms with Crippen LogP contribution in [0, 0.1) is 5.92 Å². The van der Waals surface area contributed by atoms with Gasteiger partial charge in [-0.05, 0) is 49.4 Å². The van der Waals surface area contributed by atoms with E-state index in [1.807, 2.05) is 18.2 Å². The molecule has 1 atom stereocenters. The molecule has 1 aromatic carbocycles. The molecule has 1 amide bonds. The second-order valence-electron chi connectivity index (χ2n) is 5.06. The Kier molecular flexibility index (Phi) is 5.16. The standard InChI is InChI=1S/C16H22N2O/c1-17-16(19)15-9-5-8-14(10-15)12-18-11-13-6-3-2-4-7-13/h2-3,5,8-10,13,18H,4,6-7,11-12H2,1H3,(H,17,19). The van der Waals surface area contributed by atoms with Crippen molar-refractivity contribution < 1.29 is 4.79 Å². The number of rotatable bonds is 5. The van der Waals surface area contributed by atoms with Gasteiger partial charge in [-0.3, -0.25) is 4.79 Å². The average molecular weight is 258 g/mol. The van der Waals surface area contributed by atoms with Gasteiger partial charge in [0.05, 0.1) is 0 Å². The summed E-state index contributed by atoms with van der Waals surface area (Å²) in [6.07, 6.45) is 8.22. The molecule has 102 valence electrons. The van der Waals surface area contributed by atoms with Gasteiger partial charge in [0.25, 0.3) is 5.91 Å². The normalized spacial score (nSPS) is 18.3. The van der Waals surface area contributed by atoms with Crippen LogP contribution in [0.5, 0.6) is 0 Å². The lowest BCUT2D eigenvalue weighted by atomic mass is 9.94. The average Bonchev–Trinajstić information content (AvgIpc) is 2.48. The molecule has 3 nitrogen and oxygen atoms in total. The molecule has 0 fully saturated rings. The smallest absolute Gasteiger partial charge is 0.251 e. The summed E-state index contributed by atoms with van der Waals surface area (Å²) in [5, 5.41) is 6.14. The molecule has 1 unspecified atom stereocenters. The highest BCUT2D eigenvalue weighted by Gasteiger charge is 2.09. The minimum absolute atomic E-state index is 0.0285. The number of hydrogen-bond donors (Lipinski definition) is 2. The van der Waals surface area contributed by atoms with Crippen LogP contribution in [0.25, 0.3) is 0 Å². The van der Waals surface area contributed by atoms with E-state index in [4.69, 9.17) is 0 Å². The van der Waals surface area contributed by atoms with Crippen molar-refractivity contribution >= 4 is 5.91 Å². The summed E-state index contributed by atoms with van der Waals surface area (Å²) < 4.78 is 0. The molecule has 19 heavy (non-hydrogen) atoms. The van der Waals surface area contributed by atoms with Gasteiger partial charge in [0, 0.05) is 19.2 Å². The van der Waals surface area contributed by atoms with Crippen LogP contribution < -0.4 is 10.6 Å². The molecule has 0 radical (unpaired) electrons. The minimum atomic E-state index is -0.0285. The summed E-state index contributed by atoms with van der Waals surface area (Å²) in [4.78, 5) is 11.5. The first-order valence-electron chi connectivity index (χ1n) is 6.96. The molecule has 0 bridgehead atoms. The lowest BCUT2D eigenvalue weighted by molar-refractivity contribution is 0.0963. The van der Waals surface area contributed by atoms with E-state index in [-0.39, 0.29) is 5.91 Å². The molecule has 1 aliphatic carbocycles. The summed E-state index contributed by atoms with van der Waals surface area (Å²) >= 11 is 0. The first kappa shape index (κ1) is 13.8. The first-order valence-corrected chi connectivity index (χ1v) is 6.96. The summed E-state index contributed by atoms with van der Waals surface area (Å²) in [5.74, 6) is 0.728.